The van der Waals surface area contributed by atoms with Gasteiger partial charge in [0.05, 0.1) is 11.3 Å². The minimum atomic E-state index is -4.47. The van der Waals surface area contributed by atoms with Crippen molar-refractivity contribution in [1.29, 1.82) is 0 Å². The molecule has 1 N–H and O–H groups in total. The van der Waals surface area contributed by atoms with E-state index in [4.69, 9.17) is 11.6 Å². The molecule has 0 spiro atoms. The van der Waals surface area contributed by atoms with E-state index in [2.05, 4.69) is 25.5 Å². The van der Waals surface area contributed by atoms with Crippen molar-refractivity contribution in [2.75, 3.05) is 5.32 Å². The minimum absolute atomic E-state index is 0.100. The lowest BCUT2D eigenvalue weighted by Crippen LogP contribution is -2.06. The van der Waals surface area contributed by atoms with Gasteiger partial charge in [-0.15, -0.1) is 10.2 Å². The highest BCUT2D eigenvalue weighted by atomic mass is 35.5. The molecule has 4 rings (SSSR count). The third kappa shape index (κ3) is 4.97. The van der Waals surface area contributed by atoms with Crippen molar-refractivity contribution in [1.82, 2.24) is 20.2 Å². The Morgan fingerprint density at radius 2 is 1.71 bits per heavy atom. The lowest BCUT2D eigenvalue weighted by atomic mass is 10.0. The molecule has 2 aromatic carbocycles. The number of aromatic nitrogens is 4. The number of nitrogens with zero attached hydrogens (tertiary/aromatic N) is 4. The lowest BCUT2D eigenvalue weighted by Gasteiger charge is -2.12. The molecule has 0 bridgehead atoms. The maximum absolute atomic E-state index is 13.2. The van der Waals surface area contributed by atoms with E-state index in [9.17, 15) is 13.2 Å². The van der Waals surface area contributed by atoms with Gasteiger partial charge in [-0.3, -0.25) is 0 Å². The van der Waals surface area contributed by atoms with Gasteiger partial charge in [0.25, 0.3) is 0 Å². The first-order chi connectivity index (χ1) is 14.9. The summed E-state index contributed by atoms with van der Waals surface area (Å²) < 4.78 is 39.5. The first-order valence-corrected chi connectivity index (χ1v) is 9.60. The van der Waals surface area contributed by atoms with E-state index in [1.165, 1.54) is 18.2 Å². The van der Waals surface area contributed by atoms with Gasteiger partial charge in [0.2, 0.25) is 5.95 Å². The fourth-order valence-corrected chi connectivity index (χ4v) is 3.14. The van der Waals surface area contributed by atoms with E-state index in [-0.39, 0.29) is 16.4 Å². The van der Waals surface area contributed by atoms with Crippen LogP contribution in [0, 0.1) is 0 Å². The van der Waals surface area contributed by atoms with Crippen LogP contribution in [-0.2, 0) is 12.7 Å². The van der Waals surface area contributed by atoms with Crippen molar-refractivity contribution < 1.29 is 13.2 Å². The van der Waals surface area contributed by atoms with Gasteiger partial charge in [0, 0.05) is 23.9 Å². The maximum Gasteiger partial charge on any atom is 0.416 e. The second kappa shape index (κ2) is 8.69. The second-order valence-corrected chi connectivity index (χ2v) is 7.00. The lowest BCUT2D eigenvalue weighted by molar-refractivity contribution is -0.137. The van der Waals surface area contributed by atoms with Gasteiger partial charge in [0.1, 0.15) is 5.69 Å². The van der Waals surface area contributed by atoms with Crippen molar-refractivity contribution in [2.24, 2.45) is 0 Å². The summed E-state index contributed by atoms with van der Waals surface area (Å²) in [5.74, 6) is 0.365. The molecule has 0 saturated carbocycles. The zero-order valence-electron chi connectivity index (χ0n) is 15.9. The highest BCUT2D eigenvalue weighted by Gasteiger charge is 2.30. The van der Waals surface area contributed by atoms with Gasteiger partial charge >= 0.3 is 6.18 Å². The molecule has 0 atom stereocenters. The molecule has 0 fully saturated rings. The van der Waals surface area contributed by atoms with E-state index in [0.717, 1.165) is 17.7 Å². The van der Waals surface area contributed by atoms with Crippen LogP contribution < -0.4 is 5.32 Å². The number of hydrogen-bond donors (Lipinski definition) is 1. The third-order valence-corrected chi connectivity index (χ3v) is 4.64. The van der Waals surface area contributed by atoms with Crippen LogP contribution in [0.25, 0.3) is 22.5 Å². The Bertz CT molecular complexity index is 1200. The molecule has 156 valence electrons. The summed E-state index contributed by atoms with van der Waals surface area (Å²) in [6, 6.07) is 17.8. The summed E-state index contributed by atoms with van der Waals surface area (Å²) in [6.07, 6.45) is -2.92. The minimum Gasteiger partial charge on any atom is -0.350 e. The summed E-state index contributed by atoms with van der Waals surface area (Å²) in [4.78, 5) is 8.70. The Labute approximate surface area is 181 Å². The fourth-order valence-electron chi connectivity index (χ4n) is 2.99. The highest BCUT2D eigenvalue weighted by Crippen LogP contribution is 2.35. The van der Waals surface area contributed by atoms with Crippen molar-refractivity contribution in [3.05, 3.63) is 89.2 Å². The first-order valence-electron chi connectivity index (χ1n) is 9.22. The molecule has 0 unspecified atom stereocenters. The number of nitrogens with one attached hydrogen (secondary N) is 1. The topological polar surface area (TPSA) is 63.6 Å². The molecule has 5 nitrogen and oxygen atoms in total. The van der Waals surface area contributed by atoms with Crippen LogP contribution in [0.15, 0.2) is 72.9 Å². The first kappa shape index (κ1) is 20.7. The molecule has 0 saturated heterocycles. The Hall–Kier alpha value is -3.52. The Morgan fingerprint density at radius 3 is 2.48 bits per heavy atom. The molecule has 0 aliphatic rings. The maximum atomic E-state index is 13.2. The average molecular weight is 442 g/mol. The summed E-state index contributed by atoms with van der Waals surface area (Å²) in [6.45, 7) is 0.514. The van der Waals surface area contributed by atoms with Crippen LogP contribution in [0.5, 0.6) is 0 Å². The predicted molar refractivity (Wildman–Crippen MR) is 112 cm³/mol. The van der Waals surface area contributed by atoms with Gasteiger partial charge in [-0.25, -0.2) is 9.97 Å². The van der Waals surface area contributed by atoms with E-state index >= 15 is 0 Å². The number of anilines is 1. The van der Waals surface area contributed by atoms with E-state index < -0.39 is 11.7 Å². The van der Waals surface area contributed by atoms with E-state index in [1.54, 1.807) is 12.3 Å². The van der Waals surface area contributed by atoms with Crippen LogP contribution in [0.1, 0.15) is 11.1 Å². The molecular weight excluding hydrogens is 427 g/mol. The summed E-state index contributed by atoms with van der Waals surface area (Å²) >= 11 is 6.03. The van der Waals surface area contributed by atoms with Gasteiger partial charge in [-0.05, 0) is 29.8 Å². The average Bonchev–Trinajstić information content (AvgIpc) is 2.78. The van der Waals surface area contributed by atoms with Crippen LogP contribution >= 0.6 is 11.6 Å². The molecule has 0 amide bonds. The van der Waals surface area contributed by atoms with Crippen molar-refractivity contribution in [3.63, 3.8) is 0 Å². The van der Waals surface area contributed by atoms with Gasteiger partial charge < -0.3 is 5.32 Å². The van der Waals surface area contributed by atoms with Gasteiger partial charge in [0.15, 0.2) is 5.15 Å². The number of hydrogen-bond acceptors (Lipinski definition) is 5. The summed E-state index contributed by atoms with van der Waals surface area (Å²) in [5, 5.41) is 11.1. The molecule has 0 aliphatic carbocycles. The molecule has 31 heavy (non-hydrogen) atoms. The standard InChI is InChI=1S/C22H15ClF3N5/c23-19-12-17(20(31-30-19)15-7-4-8-16(11-15)22(24,25)26)18-9-10-27-21(29-18)28-13-14-5-2-1-3-6-14/h1-12H,13H2,(H,27,28,29). The second-order valence-electron chi connectivity index (χ2n) is 6.61. The SMILES string of the molecule is FC(F)(F)c1cccc(-c2nnc(Cl)cc2-c2ccnc(NCc3ccccc3)n2)c1. The zero-order chi connectivity index (χ0) is 21.8. The molecule has 0 aliphatic heterocycles. The van der Waals surface area contributed by atoms with Crippen LogP contribution in [0.3, 0.4) is 0 Å². The van der Waals surface area contributed by atoms with Crippen LogP contribution in [0.4, 0.5) is 19.1 Å². The van der Waals surface area contributed by atoms with Gasteiger partial charge in [-0.1, -0.05) is 54.1 Å². The van der Waals surface area contributed by atoms with Crippen LogP contribution in [-0.4, -0.2) is 20.2 Å². The Balaban J connectivity index is 1.70. The number of benzene rings is 2. The molecular formula is C22H15ClF3N5. The zero-order valence-corrected chi connectivity index (χ0v) is 16.7. The van der Waals surface area contributed by atoms with E-state index in [1.807, 2.05) is 30.3 Å². The van der Waals surface area contributed by atoms with E-state index in [0.29, 0.717) is 23.8 Å². The van der Waals surface area contributed by atoms with Crippen molar-refractivity contribution >= 4 is 17.5 Å². The molecule has 2 heterocycles. The smallest absolute Gasteiger partial charge is 0.350 e. The molecule has 4 aromatic rings. The largest absolute Gasteiger partial charge is 0.416 e. The van der Waals surface area contributed by atoms with Crippen molar-refractivity contribution in [3.8, 4) is 22.5 Å². The Morgan fingerprint density at radius 1 is 0.903 bits per heavy atom. The fraction of sp³-hybridized carbons (Fsp3) is 0.0909. The van der Waals surface area contributed by atoms with Gasteiger partial charge in [-0.2, -0.15) is 13.2 Å². The predicted octanol–water partition coefficient (Wildman–Crippen LogP) is 5.88. The quantitative estimate of drug-likeness (QED) is 0.418. The normalized spacial score (nSPS) is 11.4. The molecule has 2 aromatic heterocycles. The summed E-state index contributed by atoms with van der Waals surface area (Å²) in [7, 11) is 0. The number of halogens is 4. The van der Waals surface area contributed by atoms with Crippen molar-refractivity contribution in [2.45, 2.75) is 12.7 Å². The number of alkyl halides is 3. The Kier molecular flexibility index (Phi) is 5.81. The highest BCUT2D eigenvalue weighted by molar-refractivity contribution is 6.29. The number of rotatable bonds is 5. The van der Waals surface area contributed by atoms with Crippen LogP contribution in [0.2, 0.25) is 5.15 Å². The third-order valence-electron chi connectivity index (χ3n) is 4.45. The molecule has 0 radical (unpaired) electrons. The molecule has 9 heteroatoms. The monoisotopic (exact) mass is 441 g/mol. The summed E-state index contributed by atoms with van der Waals surface area (Å²) in [5.41, 5.74) is 1.67.